The molecule has 0 bridgehead atoms. The maximum atomic E-state index is 11.0. The molecule has 0 unspecified atom stereocenters. The molecule has 1 saturated carbocycles. The van der Waals surface area contributed by atoms with Crippen LogP contribution in [0.2, 0.25) is 0 Å². The highest BCUT2D eigenvalue weighted by Gasteiger charge is 2.18. The number of rotatable bonds is 4. The van der Waals surface area contributed by atoms with E-state index in [1.54, 1.807) is 0 Å². The standard InChI is InChI=1S/C14H13N5O3S/c1-23-13-9(6-5-8-3-2-4-8)16-10(7-15-13)22-12-11(14(20)21)17-19-18-12/h7-8H,2-4H2,1H3,(H,20,21)(H,17,18,19). The maximum Gasteiger partial charge on any atom is 0.359 e. The lowest BCUT2D eigenvalue weighted by Crippen LogP contribution is -2.08. The Labute approximate surface area is 136 Å². The Bertz CT molecular complexity index is 791. The van der Waals surface area contributed by atoms with Gasteiger partial charge in [0.05, 0.1) is 6.20 Å². The van der Waals surface area contributed by atoms with E-state index in [0.717, 1.165) is 12.8 Å². The van der Waals surface area contributed by atoms with Gasteiger partial charge >= 0.3 is 5.97 Å². The number of hydrogen-bond donors (Lipinski definition) is 2. The Hall–Kier alpha value is -2.60. The third-order valence-electron chi connectivity index (χ3n) is 3.34. The van der Waals surface area contributed by atoms with E-state index in [1.807, 2.05) is 6.26 Å². The molecule has 23 heavy (non-hydrogen) atoms. The first-order chi connectivity index (χ1) is 11.2. The number of aromatic carboxylic acids is 1. The number of aromatic nitrogens is 5. The maximum absolute atomic E-state index is 11.0. The molecular formula is C14H13N5O3S. The zero-order valence-corrected chi connectivity index (χ0v) is 13.1. The van der Waals surface area contributed by atoms with Crippen LogP contribution in [0.5, 0.6) is 11.8 Å². The molecule has 3 rings (SSSR count). The summed E-state index contributed by atoms with van der Waals surface area (Å²) in [5.41, 5.74) is 0.269. The molecule has 1 fully saturated rings. The fourth-order valence-corrected chi connectivity index (χ4v) is 2.34. The average Bonchev–Trinajstić information content (AvgIpc) is 2.94. The van der Waals surface area contributed by atoms with E-state index in [4.69, 9.17) is 9.84 Å². The van der Waals surface area contributed by atoms with E-state index < -0.39 is 5.97 Å². The molecule has 0 radical (unpaired) electrons. The van der Waals surface area contributed by atoms with Gasteiger partial charge in [0, 0.05) is 5.92 Å². The van der Waals surface area contributed by atoms with E-state index in [-0.39, 0.29) is 17.5 Å². The summed E-state index contributed by atoms with van der Waals surface area (Å²) in [5.74, 6) is 5.37. The minimum Gasteiger partial charge on any atom is -0.476 e. The number of nitrogens with one attached hydrogen (secondary N) is 1. The third-order valence-corrected chi connectivity index (χ3v) is 4.03. The molecule has 0 saturated heterocycles. The van der Waals surface area contributed by atoms with E-state index >= 15 is 0 Å². The van der Waals surface area contributed by atoms with Gasteiger partial charge in [-0.2, -0.15) is 0 Å². The number of carbonyl (C=O) groups is 1. The minimum atomic E-state index is -1.22. The molecule has 2 heterocycles. The molecule has 8 nitrogen and oxygen atoms in total. The first-order valence-corrected chi connectivity index (χ1v) is 8.14. The summed E-state index contributed by atoms with van der Waals surface area (Å²) in [6.07, 6.45) is 6.74. The monoisotopic (exact) mass is 331 g/mol. The highest BCUT2D eigenvalue weighted by Crippen LogP contribution is 2.26. The van der Waals surface area contributed by atoms with Crippen molar-refractivity contribution in [3.05, 3.63) is 17.6 Å². The Balaban J connectivity index is 1.86. The second-order valence-electron chi connectivity index (χ2n) is 4.86. The summed E-state index contributed by atoms with van der Waals surface area (Å²) < 4.78 is 5.36. The van der Waals surface area contributed by atoms with Gasteiger partial charge in [0.25, 0.3) is 5.88 Å². The van der Waals surface area contributed by atoms with Crippen LogP contribution in [-0.2, 0) is 0 Å². The zero-order valence-electron chi connectivity index (χ0n) is 12.2. The molecule has 118 valence electrons. The number of nitrogens with zero attached hydrogens (tertiary/aromatic N) is 4. The molecule has 0 aromatic carbocycles. The topological polar surface area (TPSA) is 114 Å². The number of carboxylic acid groups (broad SMARTS) is 1. The number of thioether (sulfide) groups is 1. The molecule has 0 spiro atoms. The van der Waals surface area contributed by atoms with E-state index in [9.17, 15) is 4.79 Å². The van der Waals surface area contributed by atoms with Gasteiger partial charge in [-0.3, -0.25) is 0 Å². The van der Waals surface area contributed by atoms with Crippen molar-refractivity contribution in [2.45, 2.75) is 24.3 Å². The van der Waals surface area contributed by atoms with E-state index in [2.05, 4.69) is 37.2 Å². The van der Waals surface area contributed by atoms with Crippen molar-refractivity contribution in [1.29, 1.82) is 0 Å². The van der Waals surface area contributed by atoms with Crippen LogP contribution in [0.4, 0.5) is 0 Å². The largest absolute Gasteiger partial charge is 0.476 e. The molecule has 1 aliphatic carbocycles. The van der Waals surface area contributed by atoms with Crippen molar-refractivity contribution in [3.63, 3.8) is 0 Å². The summed E-state index contributed by atoms with van der Waals surface area (Å²) in [6, 6.07) is 0. The Morgan fingerprint density at radius 3 is 3.00 bits per heavy atom. The Morgan fingerprint density at radius 2 is 2.35 bits per heavy atom. The molecule has 2 aromatic heterocycles. The SMILES string of the molecule is CSc1ncc(Oc2nn[nH]c2C(=O)O)nc1C#CC1CCC1. The van der Waals surface area contributed by atoms with Gasteiger partial charge in [-0.05, 0) is 25.0 Å². The molecule has 2 aromatic rings. The zero-order chi connectivity index (χ0) is 16.2. The van der Waals surface area contributed by atoms with Crippen molar-refractivity contribution < 1.29 is 14.6 Å². The summed E-state index contributed by atoms with van der Waals surface area (Å²) in [6.45, 7) is 0. The van der Waals surface area contributed by atoms with Gasteiger partial charge in [0.2, 0.25) is 11.6 Å². The van der Waals surface area contributed by atoms with E-state index in [0.29, 0.717) is 16.6 Å². The smallest absolute Gasteiger partial charge is 0.359 e. The van der Waals surface area contributed by atoms with Crippen LogP contribution in [0, 0.1) is 17.8 Å². The lowest BCUT2D eigenvalue weighted by atomic mass is 9.86. The van der Waals surface area contributed by atoms with Gasteiger partial charge in [0.15, 0.2) is 0 Å². The van der Waals surface area contributed by atoms with Gasteiger partial charge in [-0.15, -0.1) is 11.8 Å². The summed E-state index contributed by atoms with van der Waals surface area (Å²) >= 11 is 1.44. The summed E-state index contributed by atoms with van der Waals surface area (Å²) in [7, 11) is 0. The highest BCUT2D eigenvalue weighted by atomic mass is 32.2. The normalized spacial score (nSPS) is 13.8. The first kappa shape index (κ1) is 15.3. The predicted molar refractivity (Wildman–Crippen MR) is 81.4 cm³/mol. The molecule has 0 amide bonds. The van der Waals surface area contributed by atoms with Crippen molar-refractivity contribution in [2.24, 2.45) is 5.92 Å². The van der Waals surface area contributed by atoms with Crippen LogP contribution in [0.15, 0.2) is 11.2 Å². The predicted octanol–water partition coefficient (Wildman–Crippen LogP) is 1.96. The molecule has 9 heteroatoms. The van der Waals surface area contributed by atoms with Crippen LogP contribution in [0.3, 0.4) is 0 Å². The third kappa shape index (κ3) is 3.43. The van der Waals surface area contributed by atoms with Crippen LogP contribution in [-0.4, -0.2) is 42.7 Å². The fourth-order valence-electron chi connectivity index (χ4n) is 1.89. The van der Waals surface area contributed by atoms with Gasteiger partial charge < -0.3 is 9.84 Å². The van der Waals surface area contributed by atoms with Crippen molar-refractivity contribution in [1.82, 2.24) is 25.4 Å². The average molecular weight is 331 g/mol. The number of hydrogen-bond acceptors (Lipinski definition) is 7. The number of aromatic amines is 1. The Kier molecular flexibility index (Phi) is 4.43. The molecular weight excluding hydrogens is 318 g/mol. The molecule has 0 aliphatic heterocycles. The van der Waals surface area contributed by atoms with E-state index in [1.165, 1.54) is 24.4 Å². The van der Waals surface area contributed by atoms with Crippen LogP contribution in [0.1, 0.15) is 35.4 Å². The van der Waals surface area contributed by atoms with Crippen molar-refractivity contribution in [3.8, 4) is 23.6 Å². The molecule has 0 atom stereocenters. The quantitative estimate of drug-likeness (QED) is 0.645. The minimum absolute atomic E-state index is 0.122. The summed E-state index contributed by atoms with van der Waals surface area (Å²) in [5, 5.41) is 18.9. The van der Waals surface area contributed by atoms with Crippen LogP contribution >= 0.6 is 11.8 Å². The number of carboxylic acids is 1. The van der Waals surface area contributed by atoms with Crippen molar-refractivity contribution >= 4 is 17.7 Å². The second kappa shape index (κ2) is 6.66. The van der Waals surface area contributed by atoms with Crippen LogP contribution in [0.25, 0.3) is 0 Å². The first-order valence-electron chi connectivity index (χ1n) is 6.92. The highest BCUT2D eigenvalue weighted by molar-refractivity contribution is 7.98. The van der Waals surface area contributed by atoms with Gasteiger partial charge in [0.1, 0.15) is 10.7 Å². The lowest BCUT2D eigenvalue weighted by Gasteiger charge is -2.18. The molecule has 2 N–H and O–H groups in total. The second-order valence-corrected chi connectivity index (χ2v) is 5.66. The van der Waals surface area contributed by atoms with Crippen LogP contribution < -0.4 is 4.74 Å². The summed E-state index contributed by atoms with van der Waals surface area (Å²) in [4.78, 5) is 19.5. The van der Waals surface area contributed by atoms with Crippen molar-refractivity contribution in [2.75, 3.05) is 6.26 Å². The number of H-pyrrole nitrogens is 1. The fraction of sp³-hybridized carbons (Fsp3) is 0.357. The van der Waals surface area contributed by atoms with Gasteiger partial charge in [-0.25, -0.2) is 19.9 Å². The van der Waals surface area contributed by atoms with Gasteiger partial charge in [-0.1, -0.05) is 22.7 Å². The molecule has 1 aliphatic rings. The number of ether oxygens (including phenoxy) is 1. The lowest BCUT2D eigenvalue weighted by molar-refractivity contribution is 0.0687. The Morgan fingerprint density at radius 1 is 1.52 bits per heavy atom.